The summed E-state index contributed by atoms with van der Waals surface area (Å²) in [5.74, 6) is -4.37. The van der Waals surface area contributed by atoms with E-state index in [-0.39, 0.29) is 42.0 Å². The molecule has 0 spiro atoms. The molecule has 10 heteroatoms. The van der Waals surface area contributed by atoms with E-state index in [2.05, 4.69) is 0 Å². The van der Waals surface area contributed by atoms with Gasteiger partial charge in [0.1, 0.15) is 12.4 Å². The van der Waals surface area contributed by atoms with E-state index in [0.29, 0.717) is 23.1 Å². The normalized spacial score (nSPS) is 14.7. The van der Waals surface area contributed by atoms with Crippen LogP contribution in [0.15, 0.2) is 11.6 Å². The van der Waals surface area contributed by atoms with E-state index >= 15 is 0 Å². The molecule has 0 bridgehead atoms. The van der Waals surface area contributed by atoms with Crippen LogP contribution in [-0.2, 0) is 27.4 Å². The van der Waals surface area contributed by atoms with Crippen molar-refractivity contribution < 1.29 is 42.1 Å². The lowest BCUT2D eigenvalue weighted by Crippen LogP contribution is -2.31. The van der Waals surface area contributed by atoms with Crippen LogP contribution in [0.5, 0.6) is 5.75 Å². The number of aliphatic carboxylic acids is 1. The number of esters is 1. The predicted octanol–water partition coefficient (Wildman–Crippen LogP) is 4.16. The first-order valence-corrected chi connectivity index (χ1v) is 9.58. The van der Waals surface area contributed by atoms with E-state index in [1.54, 1.807) is 26.8 Å². The first-order chi connectivity index (χ1) is 14.4. The van der Waals surface area contributed by atoms with Gasteiger partial charge in [0.15, 0.2) is 0 Å². The molecule has 7 nitrogen and oxygen atoms in total. The maximum Gasteiger partial charge on any atom is 0.471 e. The van der Waals surface area contributed by atoms with Crippen molar-refractivity contribution in [3.63, 3.8) is 0 Å². The Morgan fingerprint density at radius 3 is 2.52 bits per heavy atom. The van der Waals surface area contributed by atoms with Crippen molar-refractivity contribution in [2.75, 3.05) is 12.4 Å². The first kappa shape index (κ1) is 24.2. The number of allylic oxidation sites excluding steroid dienone is 2. The lowest BCUT2D eigenvalue weighted by atomic mass is 9.92. The Morgan fingerprint density at radius 1 is 1.35 bits per heavy atom. The number of rotatable bonds is 8. The number of hydrogen-bond donors (Lipinski definition) is 2. The smallest absolute Gasteiger partial charge is 0.471 e. The third-order valence-corrected chi connectivity index (χ3v) is 5.24. The molecule has 170 valence electrons. The Balaban J connectivity index is 2.56. The maximum atomic E-state index is 12.9. The molecule has 0 unspecified atom stereocenters. The molecule has 1 amide bonds. The van der Waals surface area contributed by atoms with E-state index in [9.17, 15) is 32.7 Å². The minimum absolute atomic E-state index is 0.0138. The van der Waals surface area contributed by atoms with Gasteiger partial charge in [-0.25, -0.2) is 4.79 Å². The number of nitrogens with one attached hydrogen (secondary N) is 1. The first-order valence-electron chi connectivity index (χ1n) is 9.58. The lowest BCUT2D eigenvalue weighted by Gasteiger charge is -2.20. The Morgan fingerprint density at radius 2 is 2.00 bits per heavy atom. The molecule has 31 heavy (non-hydrogen) atoms. The molecule has 1 aliphatic heterocycles. The molecule has 2 N–H and O–H groups in total. The van der Waals surface area contributed by atoms with E-state index in [1.165, 1.54) is 7.11 Å². The highest BCUT2D eigenvalue weighted by Gasteiger charge is 2.41. The van der Waals surface area contributed by atoms with Gasteiger partial charge in [0, 0.05) is 11.1 Å². The molecule has 0 aromatic heterocycles. The summed E-state index contributed by atoms with van der Waals surface area (Å²) in [5.41, 5.74) is 1.31. The summed E-state index contributed by atoms with van der Waals surface area (Å²) in [6, 6.07) is 0. The fourth-order valence-corrected chi connectivity index (χ4v) is 3.53. The molecule has 2 rings (SSSR count). The predicted molar refractivity (Wildman–Crippen MR) is 105 cm³/mol. The van der Waals surface area contributed by atoms with Crippen molar-refractivity contribution in [3.8, 4) is 5.75 Å². The zero-order chi connectivity index (χ0) is 23.5. The van der Waals surface area contributed by atoms with Crippen LogP contribution in [0.25, 0.3) is 0 Å². The number of amides is 1. The third kappa shape index (κ3) is 5.18. The van der Waals surface area contributed by atoms with Crippen molar-refractivity contribution in [2.45, 2.75) is 52.8 Å². The van der Waals surface area contributed by atoms with E-state index in [1.807, 2.05) is 5.32 Å². The standard InChI is InChI=1S/C21H24F3NO6/c1-5-12(18(26)27)8-10(2)6-7-13-16(25-20(29)21(22,23)24)15-14(9-31-19(15)28)11(3)17(13)30-4/h6,12H,5,7-9H2,1-4H3,(H,25,29)(H,26,27)/b10-6+/t12-/m0/s1. The number of benzene rings is 1. The molecule has 1 aromatic rings. The van der Waals surface area contributed by atoms with Crippen LogP contribution in [-0.4, -0.2) is 36.2 Å². The van der Waals surface area contributed by atoms with Crippen LogP contribution >= 0.6 is 0 Å². The second-order valence-electron chi connectivity index (χ2n) is 7.30. The lowest BCUT2D eigenvalue weighted by molar-refractivity contribution is -0.167. The van der Waals surface area contributed by atoms with Crippen LogP contribution < -0.4 is 10.1 Å². The van der Waals surface area contributed by atoms with Gasteiger partial charge in [-0.1, -0.05) is 18.6 Å². The van der Waals surface area contributed by atoms with Crippen LogP contribution in [0.4, 0.5) is 18.9 Å². The number of alkyl halides is 3. The summed E-state index contributed by atoms with van der Waals surface area (Å²) < 4.78 is 49.1. The van der Waals surface area contributed by atoms with Gasteiger partial charge < -0.3 is 19.9 Å². The van der Waals surface area contributed by atoms with Crippen molar-refractivity contribution in [1.82, 2.24) is 0 Å². The van der Waals surface area contributed by atoms with Crippen molar-refractivity contribution in [2.24, 2.45) is 5.92 Å². The number of carboxylic acid groups (broad SMARTS) is 1. The van der Waals surface area contributed by atoms with E-state index in [0.717, 1.165) is 0 Å². The van der Waals surface area contributed by atoms with Crippen LogP contribution in [0.3, 0.4) is 0 Å². The topological polar surface area (TPSA) is 102 Å². The molecule has 1 atom stereocenters. The average Bonchev–Trinajstić information content (AvgIpc) is 3.07. The highest BCUT2D eigenvalue weighted by molar-refractivity contribution is 6.07. The molecule has 1 aromatic carbocycles. The van der Waals surface area contributed by atoms with Gasteiger partial charge in [-0.15, -0.1) is 0 Å². The van der Waals surface area contributed by atoms with Crippen molar-refractivity contribution in [3.05, 3.63) is 33.9 Å². The molecule has 0 radical (unpaired) electrons. The van der Waals surface area contributed by atoms with Gasteiger partial charge in [0.25, 0.3) is 0 Å². The third-order valence-electron chi connectivity index (χ3n) is 5.24. The highest BCUT2D eigenvalue weighted by atomic mass is 19.4. The average molecular weight is 443 g/mol. The number of carbonyl (C=O) groups is 3. The molecule has 0 saturated heterocycles. The van der Waals surface area contributed by atoms with Crippen molar-refractivity contribution >= 4 is 23.5 Å². The summed E-state index contributed by atoms with van der Waals surface area (Å²) in [5, 5.41) is 11.0. The van der Waals surface area contributed by atoms with Crippen molar-refractivity contribution in [1.29, 1.82) is 0 Å². The molecular formula is C21H24F3NO6. The van der Waals surface area contributed by atoms with Gasteiger partial charge in [-0.3, -0.25) is 9.59 Å². The second-order valence-corrected chi connectivity index (χ2v) is 7.30. The molecule has 0 saturated carbocycles. The fourth-order valence-electron chi connectivity index (χ4n) is 3.53. The summed E-state index contributed by atoms with van der Waals surface area (Å²) in [4.78, 5) is 35.2. The number of hydrogen-bond acceptors (Lipinski definition) is 5. The summed E-state index contributed by atoms with van der Waals surface area (Å²) in [6.07, 6.45) is -2.82. The van der Waals surface area contributed by atoms with Gasteiger partial charge in [0.05, 0.1) is 24.3 Å². The number of anilines is 1. The van der Waals surface area contributed by atoms with E-state index < -0.39 is 29.9 Å². The number of halogens is 3. The number of cyclic esters (lactones) is 1. The zero-order valence-electron chi connectivity index (χ0n) is 17.6. The van der Waals surface area contributed by atoms with Gasteiger partial charge >= 0.3 is 24.0 Å². The minimum Gasteiger partial charge on any atom is -0.496 e. The fraction of sp³-hybridized carbons (Fsp3) is 0.476. The van der Waals surface area contributed by atoms with Gasteiger partial charge in [-0.2, -0.15) is 13.2 Å². The second kappa shape index (κ2) is 9.40. The van der Waals surface area contributed by atoms with Crippen LogP contribution in [0.1, 0.15) is 53.7 Å². The zero-order valence-corrected chi connectivity index (χ0v) is 17.6. The Hall–Kier alpha value is -3.04. The van der Waals surface area contributed by atoms with Gasteiger partial charge in [0.2, 0.25) is 0 Å². The van der Waals surface area contributed by atoms with E-state index in [4.69, 9.17) is 9.47 Å². The maximum absolute atomic E-state index is 12.9. The molecular weight excluding hydrogens is 419 g/mol. The number of carboxylic acids is 1. The largest absolute Gasteiger partial charge is 0.496 e. The summed E-state index contributed by atoms with van der Waals surface area (Å²) >= 11 is 0. The summed E-state index contributed by atoms with van der Waals surface area (Å²) in [6.45, 7) is 4.96. The molecule has 0 fully saturated rings. The van der Waals surface area contributed by atoms with Crippen LogP contribution in [0.2, 0.25) is 0 Å². The summed E-state index contributed by atoms with van der Waals surface area (Å²) in [7, 11) is 1.33. The van der Waals surface area contributed by atoms with Gasteiger partial charge in [-0.05, 0) is 38.7 Å². The number of methoxy groups -OCH3 is 1. The van der Waals surface area contributed by atoms with Crippen LogP contribution in [0, 0.1) is 12.8 Å². The Labute approximate surface area is 177 Å². The minimum atomic E-state index is -5.16. The Kier molecular flexibility index (Phi) is 7.35. The molecule has 1 aliphatic rings. The number of carbonyl (C=O) groups excluding carboxylic acids is 2. The molecule has 1 heterocycles. The number of fused-ring (bicyclic) bond motifs is 1. The number of ether oxygens (including phenoxy) is 2. The SMILES string of the molecule is CC[C@@H](C/C(C)=C/Cc1c(NC(=O)C(F)(F)F)c2c(c(C)c1OC)COC2=O)C(=O)O. The quantitative estimate of drug-likeness (QED) is 0.462. The monoisotopic (exact) mass is 443 g/mol. The Bertz CT molecular complexity index is 936. The molecule has 0 aliphatic carbocycles. The highest BCUT2D eigenvalue weighted by Crippen LogP contribution is 2.42.